The Balaban J connectivity index is 1.84. The quantitative estimate of drug-likeness (QED) is 0.535. The van der Waals surface area contributed by atoms with Gasteiger partial charge in [0.05, 0.1) is 12.5 Å². The van der Waals surface area contributed by atoms with E-state index in [1.54, 1.807) is 19.9 Å². The maximum Gasteiger partial charge on any atom is 0.352 e. The Morgan fingerprint density at radius 3 is 2.50 bits per heavy atom. The number of alkyl halides is 2. The summed E-state index contributed by atoms with van der Waals surface area (Å²) < 4.78 is 44.4. The number of carbonyl (C=O) groups is 3. The average Bonchev–Trinajstić information content (AvgIpc) is 3.01. The molecule has 9 heteroatoms. The lowest BCUT2D eigenvalue weighted by molar-refractivity contribution is -0.239. The molecule has 0 aromatic rings. The number of rotatable bonds is 4. The first-order valence-corrected chi connectivity index (χ1v) is 13.2. The molecule has 208 valence electrons. The summed E-state index contributed by atoms with van der Waals surface area (Å²) in [5.74, 6) is -4.36. The van der Waals surface area contributed by atoms with Crippen molar-refractivity contribution in [3.05, 3.63) is 23.8 Å². The molecule has 2 unspecified atom stereocenters. The number of esters is 2. The van der Waals surface area contributed by atoms with Crippen molar-refractivity contribution < 1.29 is 37.7 Å². The molecule has 0 bridgehead atoms. The molecule has 0 amide bonds. The number of ketones is 1. The van der Waals surface area contributed by atoms with Gasteiger partial charge in [0.25, 0.3) is 0 Å². The predicted molar refractivity (Wildman–Crippen MR) is 133 cm³/mol. The van der Waals surface area contributed by atoms with Crippen molar-refractivity contribution >= 4 is 17.7 Å². The van der Waals surface area contributed by atoms with Gasteiger partial charge < -0.3 is 14.6 Å². The van der Waals surface area contributed by atoms with E-state index < -0.39 is 81.9 Å². The first-order chi connectivity index (χ1) is 17.5. The summed E-state index contributed by atoms with van der Waals surface area (Å²) in [6, 6.07) is 1.75. The Kier molecular flexibility index (Phi) is 6.71. The number of nitriles is 1. The summed E-state index contributed by atoms with van der Waals surface area (Å²) in [4.78, 5) is 38.9. The molecule has 0 aromatic carbocycles. The second-order valence-electron chi connectivity index (χ2n) is 13.2. The van der Waals surface area contributed by atoms with E-state index in [1.807, 2.05) is 20.8 Å². The smallest absolute Gasteiger partial charge is 0.352 e. The summed E-state index contributed by atoms with van der Waals surface area (Å²) in [6.45, 7) is 9.84. The van der Waals surface area contributed by atoms with Gasteiger partial charge >= 0.3 is 11.9 Å². The normalized spacial score (nSPS) is 43.7. The highest BCUT2D eigenvalue weighted by Gasteiger charge is 2.78. The van der Waals surface area contributed by atoms with Crippen LogP contribution in [-0.2, 0) is 23.9 Å². The van der Waals surface area contributed by atoms with Crippen LogP contribution in [0.4, 0.5) is 8.78 Å². The summed E-state index contributed by atoms with van der Waals surface area (Å²) in [6.07, 6.45) is 0.0418. The van der Waals surface area contributed by atoms with Gasteiger partial charge in [-0.05, 0) is 55.2 Å². The molecule has 0 saturated heterocycles. The number of hydrogen-bond acceptors (Lipinski definition) is 7. The zero-order chi connectivity index (χ0) is 28.5. The van der Waals surface area contributed by atoms with E-state index in [1.165, 1.54) is 19.1 Å². The van der Waals surface area contributed by atoms with E-state index in [-0.39, 0.29) is 31.3 Å². The van der Waals surface area contributed by atoms with Gasteiger partial charge in [0, 0.05) is 22.7 Å². The van der Waals surface area contributed by atoms with Gasteiger partial charge in [0.2, 0.25) is 5.60 Å². The zero-order valence-corrected chi connectivity index (χ0v) is 22.8. The van der Waals surface area contributed by atoms with Crippen LogP contribution in [0.25, 0.3) is 0 Å². The molecule has 0 heterocycles. The van der Waals surface area contributed by atoms with Crippen molar-refractivity contribution in [3.8, 4) is 6.07 Å². The lowest BCUT2D eigenvalue weighted by Crippen LogP contribution is -2.71. The van der Waals surface area contributed by atoms with Gasteiger partial charge in [-0.15, -0.1) is 0 Å². The molecule has 0 spiro atoms. The van der Waals surface area contributed by atoms with Crippen LogP contribution in [0.1, 0.15) is 67.2 Å². The van der Waals surface area contributed by atoms with Gasteiger partial charge in [-0.2, -0.15) is 5.26 Å². The number of aliphatic hydroxyl groups excluding tert-OH is 1. The molecule has 0 aliphatic heterocycles. The van der Waals surface area contributed by atoms with Crippen LogP contribution in [0.3, 0.4) is 0 Å². The highest BCUT2D eigenvalue weighted by Crippen LogP contribution is 2.71. The number of allylic oxidation sites excluding steroid dienone is 4. The number of nitrogens with zero attached hydrogens (tertiary/aromatic N) is 1. The lowest BCUT2D eigenvalue weighted by Gasteiger charge is -2.63. The van der Waals surface area contributed by atoms with Crippen molar-refractivity contribution in [1.29, 1.82) is 5.26 Å². The van der Waals surface area contributed by atoms with E-state index in [0.717, 1.165) is 6.08 Å². The summed E-state index contributed by atoms with van der Waals surface area (Å²) in [5.41, 5.74) is -7.55. The molecule has 3 fully saturated rings. The predicted octanol–water partition coefficient (Wildman–Crippen LogP) is 4.34. The Morgan fingerprint density at radius 2 is 1.89 bits per heavy atom. The molecule has 4 rings (SSSR count). The minimum Gasteiger partial charge on any atom is -0.447 e. The lowest BCUT2D eigenvalue weighted by atomic mass is 9.44. The van der Waals surface area contributed by atoms with Crippen LogP contribution in [0.15, 0.2) is 23.8 Å². The van der Waals surface area contributed by atoms with E-state index in [9.17, 15) is 19.5 Å². The molecule has 0 aromatic heterocycles. The summed E-state index contributed by atoms with van der Waals surface area (Å²) in [7, 11) is 0. The van der Waals surface area contributed by atoms with E-state index in [2.05, 4.69) is 0 Å². The molecular formula is C29H37F2NO6. The van der Waals surface area contributed by atoms with Crippen LogP contribution in [-0.4, -0.2) is 53.0 Å². The molecule has 9 atom stereocenters. The Morgan fingerprint density at radius 1 is 1.24 bits per heavy atom. The monoisotopic (exact) mass is 533 g/mol. The number of fused-ring (bicyclic) bond motifs is 5. The minimum atomic E-state index is -2.33. The van der Waals surface area contributed by atoms with Crippen LogP contribution < -0.4 is 0 Å². The van der Waals surface area contributed by atoms with Crippen molar-refractivity contribution in [3.63, 3.8) is 0 Å². The molecule has 1 N–H and O–H groups in total. The van der Waals surface area contributed by atoms with Crippen molar-refractivity contribution in [1.82, 2.24) is 0 Å². The van der Waals surface area contributed by atoms with Gasteiger partial charge in [0.15, 0.2) is 18.1 Å². The average molecular weight is 534 g/mol. The fraction of sp³-hybridized carbons (Fsp3) is 0.724. The third-order valence-electron chi connectivity index (χ3n) is 9.69. The number of carbonyl (C=O) groups excluding carboxylic acids is 3. The zero-order valence-electron chi connectivity index (χ0n) is 22.8. The number of ether oxygens (including phenoxy) is 2. The molecule has 3 saturated carbocycles. The number of halogens is 2. The molecule has 4 aliphatic rings. The Labute approximate surface area is 222 Å². The summed E-state index contributed by atoms with van der Waals surface area (Å²) in [5, 5.41) is 20.6. The minimum absolute atomic E-state index is 0.00810. The molecule has 38 heavy (non-hydrogen) atoms. The first-order valence-electron chi connectivity index (χ1n) is 13.2. The van der Waals surface area contributed by atoms with Crippen molar-refractivity contribution in [2.24, 2.45) is 34.0 Å². The number of hydrogen-bond donors (Lipinski definition) is 1. The Bertz CT molecular complexity index is 1150. The second-order valence-corrected chi connectivity index (χ2v) is 13.2. The molecule has 4 aliphatic carbocycles. The highest BCUT2D eigenvalue weighted by atomic mass is 19.1. The topological polar surface area (TPSA) is 114 Å². The van der Waals surface area contributed by atoms with Gasteiger partial charge in [-0.1, -0.05) is 40.7 Å². The summed E-state index contributed by atoms with van der Waals surface area (Å²) >= 11 is 0. The third-order valence-corrected chi connectivity index (χ3v) is 9.69. The molecule has 0 radical (unpaired) electrons. The first kappa shape index (κ1) is 28.4. The van der Waals surface area contributed by atoms with E-state index in [0.29, 0.717) is 0 Å². The van der Waals surface area contributed by atoms with Gasteiger partial charge in [0.1, 0.15) is 12.2 Å². The van der Waals surface area contributed by atoms with E-state index in [4.69, 9.17) is 14.7 Å². The van der Waals surface area contributed by atoms with Crippen LogP contribution in [0, 0.1) is 45.3 Å². The van der Waals surface area contributed by atoms with Crippen LogP contribution in [0.5, 0.6) is 0 Å². The second kappa shape index (κ2) is 8.97. The van der Waals surface area contributed by atoms with Crippen LogP contribution >= 0.6 is 0 Å². The van der Waals surface area contributed by atoms with Gasteiger partial charge in [-0.25, -0.2) is 13.6 Å². The SMILES string of the molecule is C[C@@H]1CC2C3C[C@H](F)C4=CC(=O)C=C[C@]4(C)[C@@]3(F)[C@@H](O)C[C@]2(C)[C@@]1(OC(=O)CC(C)(C)C)C(=O)OCC#N. The fourth-order valence-electron chi connectivity index (χ4n) is 8.07. The van der Waals surface area contributed by atoms with Crippen LogP contribution in [0.2, 0.25) is 0 Å². The largest absolute Gasteiger partial charge is 0.447 e. The third kappa shape index (κ3) is 3.77. The highest BCUT2D eigenvalue weighted by molar-refractivity contribution is 6.01. The number of aliphatic hydroxyl groups is 1. The molecule has 7 nitrogen and oxygen atoms in total. The fourth-order valence-corrected chi connectivity index (χ4v) is 8.07. The standard InChI is InChI=1S/C29H37F2NO6/c1-16-11-18-19-13-21(30)20-12-17(33)7-8-26(20,5)28(19,31)22(34)14-27(18,6)29(16,24(36)37-10-9-32)38-23(35)15-25(2,3)4/h7-8,12,16,18-19,21-22,34H,10-11,13-15H2,1-6H3/t16-,18?,19?,21+,22+,26+,27+,28+,29+/m1/s1. The maximum atomic E-state index is 17.4. The van der Waals surface area contributed by atoms with Gasteiger partial charge in [-0.3, -0.25) is 9.59 Å². The Hall–Kier alpha value is -2.60. The maximum absolute atomic E-state index is 17.4. The molecular weight excluding hydrogens is 496 g/mol. The van der Waals surface area contributed by atoms with Crippen molar-refractivity contribution in [2.45, 2.75) is 90.8 Å². The van der Waals surface area contributed by atoms with E-state index >= 15 is 8.78 Å². The van der Waals surface area contributed by atoms with Crippen molar-refractivity contribution in [2.75, 3.05) is 6.61 Å².